The number of hydrogen-bond donors (Lipinski definition) is 0. The van der Waals surface area contributed by atoms with Crippen LogP contribution in [0.25, 0.3) is 11.1 Å². The Hall–Kier alpha value is -3.65. The fourth-order valence-electron chi connectivity index (χ4n) is 3.76. The van der Waals surface area contributed by atoms with Gasteiger partial charge in [-0.3, -0.25) is 0 Å². The number of halogens is 1. The topological polar surface area (TPSA) is 93.2 Å². The lowest BCUT2D eigenvalue weighted by molar-refractivity contribution is 0.0201. The summed E-state index contributed by atoms with van der Waals surface area (Å²) in [6.07, 6.45) is 2.66. The quantitative estimate of drug-likeness (QED) is 0.706. The van der Waals surface area contributed by atoms with Gasteiger partial charge in [-0.05, 0) is 57.4 Å². The standard InChI is InChI=1S/C24H26FN5O2/c1-24(2,3)32-23(31)29(4)18-8-11-30(12-9-18)22-20(15-27)19(7-10-28-22)16-5-6-17(14-26)21(25)13-16/h5-7,10,13,18H,8-9,11-12H2,1-4H3. The molecule has 1 aromatic carbocycles. The Kier molecular flexibility index (Phi) is 6.64. The minimum Gasteiger partial charge on any atom is -0.444 e. The summed E-state index contributed by atoms with van der Waals surface area (Å²) < 4.78 is 19.6. The van der Waals surface area contributed by atoms with Crippen LogP contribution in [-0.2, 0) is 4.74 Å². The predicted octanol–water partition coefficient (Wildman–Crippen LogP) is 4.47. The zero-order valence-corrected chi connectivity index (χ0v) is 18.7. The summed E-state index contributed by atoms with van der Waals surface area (Å²) in [6, 6.07) is 10.0. The Labute approximate surface area is 187 Å². The third-order valence-electron chi connectivity index (χ3n) is 5.44. The fourth-order valence-corrected chi connectivity index (χ4v) is 3.76. The highest BCUT2D eigenvalue weighted by molar-refractivity contribution is 5.76. The van der Waals surface area contributed by atoms with Crippen LogP contribution in [0.3, 0.4) is 0 Å². The molecule has 0 bridgehead atoms. The highest BCUT2D eigenvalue weighted by atomic mass is 19.1. The molecule has 0 spiro atoms. The molecule has 3 rings (SSSR count). The van der Waals surface area contributed by atoms with Crippen LogP contribution in [0.15, 0.2) is 30.5 Å². The number of anilines is 1. The number of nitriles is 2. The van der Waals surface area contributed by atoms with Crippen molar-refractivity contribution in [3.8, 4) is 23.3 Å². The molecule has 0 radical (unpaired) electrons. The van der Waals surface area contributed by atoms with Crippen LogP contribution in [0.2, 0.25) is 0 Å². The van der Waals surface area contributed by atoms with E-state index in [9.17, 15) is 14.4 Å². The van der Waals surface area contributed by atoms with E-state index < -0.39 is 11.4 Å². The minimum atomic E-state index is -0.627. The number of amides is 1. The van der Waals surface area contributed by atoms with Gasteiger partial charge in [0.25, 0.3) is 0 Å². The number of carbonyl (C=O) groups excluding carboxylic acids is 1. The van der Waals surface area contributed by atoms with Crippen molar-refractivity contribution in [1.29, 1.82) is 10.5 Å². The zero-order chi connectivity index (χ0) is 23.5. The van der Waals surface area contributed by atoms with Gasteiger partial charge in [-0.1, -0.05) is 6.07 Å². The first kappa shape index (κ1) is 23.0. The van der Waals surface area contributed by atoms with Crippen LogP contribution in [0.1, 0.15) is 44.7 Å². The Balaban J connectivity index is 1.79. The molecule has 1 saturated heterocycles. The second-order valence-corrected chi connectivity index (χ2v) is 8.78. The number of aromatic nitrogens is 1. The van der Waals surface area contributed by atoms with Gasteiger partial charge in [-0.25, -0.2) is 14.2 Å². The second-order valence-electron chi connectivity index (χ2n) is 8.78. The Morgan fingerprint density at radius 2 is 1.91 bits per heavy atom. The van der Waals surface area contributed by atoms with Crippen LogP contribution < -0.4 is 4.90 Å². The molecule has 32 heavy (non-hydrogen) atoms. The number of hydrogen-bond acceptors (Lipinski definition) is 6. The van der Waals surface area contributed by atoms with Crippen molar-refractivity contribution in [1.82, 2.24) is 9.88 Å². The first-order valence-electron chi connectivity index (χ1n) is 10.4. The van der Waals surface area contributed by atoms with E-state index in [-0.39, 0.29) is 17.7 Å². The molecule has 2 aromatic rings. The average molecular weight is 436 g/mol. The third kappa shape index (κ3) is 4.97. The van der Waals surface area contributed by atoms with Crippen molar-refractivity contribution in [2.24, 2.45) is 0 Å². The van der Waals surface area contributed by atoms with Gasteiger partial charge in [0, 0.05) is 37.9 Å². The van der Waals surface area contributed by atoms with Gasteiger partial charge in [-0.2, -0.15) is 10.5 Å². The first-order chi connectivity index (χ1) is 15.1. The maximum atomic E-state index is 14.1. The number of nitrogens with zero attached hydrogens (tertiary/aromatic N) is 5. The second kappa shape index (κ2) is 9.23. The third-order valence-corrected chi connectivity index (χ3v) is 5.44. The molecule has 2 heterocycles. The van der Waals surface area contributed by atoms with Crippen molar-refractivity contribution in [2.45, 2.75) is 45.3 Å². The van der Waals surface area contributed by atoms with Gasteiger partial charge in [-0.15, -0.1) is 0 Å². The number of piperidine rings is 1. The van der Waals surface area contributed by atoms with Gasteiger partial charge in [0.05, 0.1) is 5.56 Å². The molecule has 0 saturated carbocycles. The Morgan fingerprint density at radius 3 is 2.47 bits per heavy atom. The fraction of sp³-hybridized carbons (Fsp3) is 0.417. The summed E-state index contributed by atoms with van der Waals surface area (Å²) in [7, 11) is 1.74. The van der Waals surface area contributed by atoms with Crippen LogP contribution in [0.4, 0.5) is 15.0 Å². The van der Waals surface area contributed by atoms with Crippen LogP contribution in [0.5, 0.6) is 0 Å². The minimum absolute atomic E-state index is 0.0300. The SMILES string of the molecule is CN(C(=O)OC(C)(C)C)C1CCN(c2nccc(-c3ccc(C#N)c(F)c3)c2C#N)CC1. The molecular formula is C24H26FN5O2. The van der Waals surface area contributed by atoms with Crippen molar-refractivity contribution >= 4 is 11.9 Å². The van der Waals surface area contributed by atoms with E-state index in [2.05, 4.69) is 11.1 Å². The normalized spacial score (nSPS) is 14.4. The van der Waals surface area contributed by atoms with Gasteiger partial charge < -0.3 is 14.5 Å². The van der Waals surface area contributed by atoms with Gasteiger partial charge in [0.15, 0.2) is 0 Å². The molecule has 1 aromatic heterocycles. The molecule has 0 N–H and O–H groups in total. The maximum absolute atomic E-state index is 14.1. The number of pyridine rings is 1. The number of benzene rings is 1. The van der Waals surface area contributed by atoms with E-state index in [4.69, 9.17) is 10.00 Å². The lowest BCUT2D eigenvalue weighted by atomic mass is 9.98. The van der Waals surface area contributed by atoms with Crippen molar-refractivity contribution < 1.29 is 13.9 Å². The van der Waals surface area contributed by atoms with Gasteiger partial charge in [0.2, 0.25) is 0 Å². The van der Waals surface area contributed by atoms with Crippen LogP contribution in [0, 0.1) is 28.5 Å². The summed E-state index contributed by atoms with van der Waals surface area (Å²) in [4.78, 5) is 20.4. The molecule has 0 atom stereocenters. The molecule has 0 aliphatic carbocycles. The predicted molar refractivity (Wildman–Crippen MR) is 118 cm³/mol. The lowest BCUT2D eigenvalue weighted by Gasteiger charge is -2.38. The summed E-state index contributed by atoms with van der Waals surface area (Å²) in [5.41, 5.74) is 0.839. The number of rotatable bonds is 3. The number of ether oxygens (including phenoxy) is 1. The molecule has 1 amide bonds. The summed E-state index contributed by atoms with van der Waals surface area (Å²) in [6.45, 7) is 6.74. The van der Waals surface area contributed by atoms with Crippen molar-refractivity contribution in [3.63, 3.8) is 0 Å². The molecule has 7 nitrogen and oxygen atoms in total. The molecule has 166 valence electrons. The summed E-state index contributed by atoms with van der Waals surface area (Å²) >= 11 is 0. The molecular weight excluding hydrogens is 409 g/mol. The summed E-state index contributed by atoms with van der Waals surface area (Å²) in [5.74, 6) is -0.0913. The van der Waals surface area contributed by atoms with E-state index >= 15 is 0 Å². The molecule has 8 heteroatoms. The largest absolute Gasteiger partial charge is 0.444 e. The lowest BCUT2D eigenvalue weighted by Crippen LogP contribution is -2.47. The molecule has 1 fully saturated rings. The molecule has 1 aliphatic heterocycles. The van der Waals surface area contributed by atoms with Gasteiger partial charge >= 0.3 is 6.09 Å². The number of carbonyl (C=O) groups is 1. The molecule has 1 aliphatic rings. The first-order valence-corrected chi connectivity index (χ1v) is 10.4. The smallest absolute Gasteiger partial charge is 0.410 e. The van der Waals surface area contributed by atoms with E-state index in [1.165, 1.54) is 12.1 Å². The Bertz CT molecular complexity index is 1090. The highest BCUT2D eigenvalue weighted by Crippen LogP contribution is 2.32. The zero-order valence-electron chi connectivity index (χ0n) is 18.7. The Morgan fingerprint density at radius 1 is 1.22 bits per heavy atom. The van der Waals surface area contributed by atoms with Gasteiger partial charge in [0.1, 0.15) is 34.9 Å². The summed E-state index contributed by atoms with van der Waals surface area (Å²) in [5, 5.41) is 18.8. The average Bonchev–Trinajstić information content (AvgIpc) is 2.77. The van der Waals surface area contributed by atoms with Crippen molar-refractivity contribution in [2.75, 3.05) is 25.0 Å². The highest BCUT2D eigenvalue weighted by Gasteiger charge is 2.30. The van der Waals surface area contributed by atoms with Crippen molar-refractivity contribution in [3.05, 3.63) is 47.4 Å². The van der Waals surface area contributed by atoms with E-state index in [1.54, 1.807) is 36.3 Å². The molecule has 0 unspecified atom stereocenters. The maximum Gasteiger partial charge on any atom is 0.410 e. The van der Waals surface area contributed by atoms with E-state index in [0.717, 1.165) is 0 Å². The van der Waals surface area contributed by atoms with E-state index in [1.807, 2.05) is 25.7 Å². The van der Waals surface area contributed by atoms with E-state index in [0.29, 0.717) is 48.4 Å². The van der Waals surface area contributed by atoms with Crippen LogP contribution in [-0.4, -0.2) is 47.8 Å². The monoisotopic (exact) mass is 435 g/mol. The van der Waals surface area contributed by atoms with Crippen LogP contribution >= 0.6 is 0 Å².